The van der Waals surface area contributed by atoms with Crippen molar-refractivity contribution in [2.75, 3.05) is 6.61 Å². The summed E-state index contributed by atoms with van der Waals surface area (Å²) in [6.45, 7) is -0.269. The number of nitrogens with zero attached hydrogens (tertiary/aromatic N) is 2. The molecule has 0 aliphatic rings. The smallest absolute Gasteiger partial charge is 0.338 e. The summed E-state index contributed by atoms with van der Waals surface area (Å²) in [5.74, 6) is -0.494. The van der Waals surface area contributed by atoms with Crippen LogP contribution in [0.1, 0.15) is 15.9 Å². The van der Waals surface area contributed by atoms with Crippen LogP contribution in [0, 0.1) is 5.82 Å². The van der Waals surface area contributed by atoms with E-state index < -0.39 is 18.5 Å². The van der Waals surface area contributed by atoms with E-state index in [1.807, 2.05) is 0 Å². The molecule has 0 bridgehead atoms. The van der Waals surface area contributed by atoms with Crippen molar-refractivity contribution in [2.45, 2.75) is 6.54 Å². The van der Waals surface area contributed by atoms with E-state index in [4.69, 9.17) is 13.6 Å². The first-order chi connectivity index (χ1) is 17.1. The van der Waals surface area contributed by atoms with Crippen LogP contribution >= 0.6 is 0 Å². The van der Waals surface area contributed by atoms with E-state index in [1.165, 1.54) is 18.4 Å². The van der Waals surface area contributed by atoms with Gasteiger partial charge in [0.2, 0.25) is 0 Å². The molecule has 0 spiro atoms. The molecular weight excluding hydrogens is 453 g/mol. The van der Waals surface area contributed by atoms with Crippen LogP contribution in [0.2, 0.25) is 0 Å². The van der Waals surface area contributed by atoms with Crippen molar-refractivity contribution in [2.24, 2.45) is 0 Å². The SMILES string of the molecule is O=C(COC(=O)c1ccc2nc(-c3ccco3)c(-c3ccco3)nc2c1)NCc1ccc(F)cc1. The monoisotopic (exact) mass is 471 g/mol. The van der Waals surface area contributed by atoms with Crippen molar-refractivity contribution < 1.29 is 27.6 Å². The predicted octanol–water partition coefficient (Wildman–Crippen LogP) is 4.76. The van der Waals surface area contributed by atoms with E-state index in [-0.39, 0.29) is 17.9 Å². The zero-order chi connectivity index (χ0) is 24.2. The van der Waals surface area contributed by atoms with Gasteiger partial charge >= 0.3 is 5.97 Å². The van der Waals surface area contributed by atoms with Crippen LogP contribution in [0.25, 0.3) is 33.9 Å². The quantitative estimate of drug-likeness (QED) is 0.341. The number of aromatic nitrogens is 2. The minimum atomic E-state index is -0.680. The van der Waals surface area contributed by atoms with Gasteiger partial charge in [0.25, 0.3) is 5.91 Å². The van der Waals surface area contributed by atoms with Gasteiger partial charge in [-0.25, -0.2) is 19.2 Å². The highest BCUT2D eigenvalue weighted by atomic mass is 19.1. The van der Waals surface area contributed by atoms with Gasteiger partial charge in [-0.05, 0) is 60.2 Å². The number of rotatable bonds is 7. The number of furan rings is 2. The minimum absolute atomic E-state index is 0.190. The normalized spacial score (nSPS) is 10.9. The molecule has 3 heterocycles. The summed E-state index contributed by atoms with van der Waals surface area (Å²) in [5, 5.41) is 2.62. The molecule has 2 aromatic carbocycles. The molecule has 0 aliphatic heterocycles. The second kappa shape index (κ2) is 9.60. The Labute approximate surface area is 198 Å². The average molecular weight is 471 g/mol. The molecule has 0 fully saturated rings. The molecule has 35 heavy (non-hydrogen) atoms. The van der Waals surface area contributed by atoms with Crippen molar-refractivity contribution in [1.29, 1.82) is 0 Å². The predicted molar refractivity (Wildman–Crippen MR) is 123 cm³/mol. The molecule has 0 saturated carbocycles. The molecular formula is C26H18FN3O5. The number of halogens is 1. The van der Waals surface area contributed by atoms with Crippen LogP contribution in [0.4, 0.5) is 4.39 Å². The van der Waals surface area contributed by atoms with E-state index in [1.54, 1.807) is 60.9 Å². The standard InChI is InChI=1S/C26H18FN3O5/c27-18-8-5-16(6-9-18)14-28-23(31)15-35-26(32)17-7-10-19-20(13-17)30-25(22-4-2-12-34-22)24(29-19)21-3-1-11-33-21/h1-13H,14-15H2,(H,28,31). The van der Waals surface area contributed by atoms with Crippen molar-refractivity contribution in [3.05, 3.63) is 96.2 Å². The molecule has 5 rings (SSSR count). The highest BCUT2D eigenvalue weighted by molar-refractivity contribution is 5.95. The van der Waals surface area contributed by atoms with Crippen LogP contribution in [0.5, 0.6) is 0 Å². The second-order valence-electron chi connectivity index (χ2n) is 7.56. The highest BCUT2D eigenvalue weighted by Crippen LogP contribution is 2.31. The Morgan fingerprint density at radius 1 is 0.857 bits per heavy atom. The Bertz CT molecular complexity index is 1480. The Morgan fingerprint density at radius 2 is 1.51 bits per heavy atom. The van der Waals surface area contributed by atoms with Crippen molar-refractivity contribution in [1.82, 2.24) is 15.3 Å². The van der Waals surface area contributed by atoms with Gasteiger partial charge in [-0.1, -0.05) is 12.1 Å². The number of fused-ring (bicyclic) bond motifs is 1. The molecule has 0 unspecified atom stereocenters. The Morgan fingerprint density at radius 3 is 2.14 bits per heavy atom. The molecule has 174 valence electrons. The van der Waals surface area contributed by atoms with Gasteiger partial charge in [-0.3, -0.25) is 4.79 Å². The lowest BCUT2D eigenvalue weighted by molar-refractivity contribution is -0.124. The van der Waals surface area contributed by atoms with Crippen molar-refractivity contribution in [3.8, 4) is 22.9 Å². The third kappa shape index (κ3) is 4.93. The maximum absolute atomic E-state index is 13.0. The number of ether oxygens (including phenoxy) is 1. The zero-order valence-electron chi connectivity index (χ0n) is 18.2. The van der Waals surface area contributed by atoms with Gasteiger partial charge < -0.3 is 18.9 Å². The van der Waals surface area contributed by atoms with Gasteiger partial charge in [0, 0.05) is 6.54 Å². The number of hydrogen-bond donors (Lipinski definition) is 1. The average Bonchev–Trinajstić information content (AvgIpc) is 3.61. The summed E-state index contributed by atoms with van der Waals surface area (Å²) in [6.07, 6.45) is 3.07. The van der Waals surface area contributed by atoms with Gasteiger partial charge in [-0.15, -0.1) is 0 Å². The Balaban J connectivity index is 1.31. The lowest BCUT2D eigenvalue weighted by atomic mass is 10.1. The van der Waals surface area contributed by atoms with Crippen LogP contribution in [0.3, 0.4) is 0 Å². The van der Waals surface area contributed by atoms with E-state index in [0.717, 1.165) is 5.56 Å². The van der Waals surface area contributed by atoms with Gasteiger partial charge in [-0.2, -0.15) is 0 Å². The molecule has 1 N–H and O–H groups in total. The fraction of sp³-hybridized carbons (Fsp3) is 0.0769. The molecule has 0 aliphatic carbocycles. The summed E-state index contributed by atoms with van der Waals surface area (Å²) in [5.41, 5.74) is 2.89. The molecule has 0 radical (unpaired) electrons. The largest absolute Gasteiger partial charge is 0.463 e. The van der Waals surface area contributed by atoms with E-state index in [9.17, 15) is 14.0 Å². The van der Waals surface area contributed by atoms with Crippen molar-refractivity contribution >= 4 is 22.9 Å². The third-order valence-corrected chi connectivity index (χ3v) is 5.15. The molecule has 0 atom stereocenters. The highest BCUT2D eigenvalue weighted by Gasteiger charge is 2.18. The lowest BCUT2D eigenvalue weighted by Gasteiger charge is -2.09. The number of nitrogens with one attached hydrogen (secondary N) is 1. The zero-order valence-corrected chi connectivity index (χ0v) is 18.2. The van der Waals surface area contributed by atoms with Crippen LogP contribution in [-0.2, 0) is 16.1 Å². The van der Waals surface area contributed by atoms with Gasteiger partial charge in [0.05, 0.1) is 29.1 Å². The number of carbonyl (C=O) groups excluding carboxylic acids is 2. The maximum Gasteiger partial charge on any atom is 0.338 e. The fourth-order valence-corrected chi connectivity index (χ4v) is 3.42. The molecule has 1 amide bonds. The number of carbonyl (C=O) groups is 2. The fourth-order valence-electron chi connectivity index (χ4n) is 3.42. The van der Waals surface area contributed by atoms with Crippen LogP contribution in [-0.4, -0.2) is 28.5 Å². The first-order valence-electron chi connectivity index (χ1n) is 10.6. The molecule has 0 saturated heterocycles. The van der Waals surface area contributed by atoms with E-state index >= 15 is 0 Å². The van der Waals surface area contributed by atoms with Crippen LogP contribution < -0.4 is 5.32 Å². The van der Waals surface area contributed by atoms with E-state index in [0.29, 0.717) is 33.9 Å². The number of amides is 1. The number of benzene rings is 2. The summed E-state index contributed by atoms with van der Waals surface area (Å²) < 4.78 is 29.1. The second-order valence-corrected chi connectivity index (χ2v) is 7.56. The van der Waals surface area contributed by atoms with Gasteiger partial charge in [0.15, 0.2) is 18.1 Å². The van der Waals surface area contributed by atoms with Crippen molar-refractivity contribution in [3.63, 3.8) is 0 Å². The summed E-state index contributed by atoms with van der Waals surface area (Å²) in [4.78, 5) is 33.9. The topological polar surface area (TPSA) is 107 Å². The summed E-state index contributed by atoms with van der Waals surface area (Å²) >= 11 is 0. The van der Waals surface area contributed by atoms with Crippen LogP contribution in [0.15, 0.2) is 88.1 Å². The Hall–Kier alpha value is -4.79. The molecule has 5 aromatic rings. The summed E-state index contributed by atoms with van der Waals surface area (Å²) in [7, 11) is 0. The minimum Gasteiger partial charge on any atom is -0.463 e. The Kier molecular flexibility index (Phi) is 6.04. The third-order valence-electron chi connectivity index (χ3n) is 5.15. The van der Waals surface area contributed by atoms with E-state index in [2.05, 4.69) is 15.3 Å². The summed E-state index contributed by atoms with van der Waals surface area (Å²) in [6, 6.07) is 17.5. The first-order valence-corrected chi connectivity index (χ1v) is 10.6. The van der Waals surface area contributed by atoms with Gasteiger partial charge in [0.1, 0.15) is 17.2 Å². The maximum atomic E-state index is 13.0. The molecule has 3 aromatic heterocycles. The number of hydrogen-bond acceptors (Lipinski definition) is 7. The lowest BCUT2D eigenvalue weighted by Crippen LogP contribution is -2.28. The molecule has 8 nitrogen and oxygen atoms in total. The molecule has 9 heteroatoms. The number of esters is 1. The first kappa shape index (κ1) is 22.0.